The molecular formula is C25H33FN4OS. The van der Waals surface area contributed by atoms with E-state index >= 15 is 0 Å². The van der Waals surface area contributed by atoms with Crippen LogP contribution in [0, 0.1) is 5.82 Å². The highest BCUT2D eigenvalue weighted by atomic mass is 32.1. The van der Waals surface area contributed by atoms with Gasteiger partial charge in [-0.25, -0.2) is 14.4 Å². The van der Waals surface area contributed by atoms with Gasteiger partial charge < -0.3 is 10.2 Å². The quantitative estimate of drug-likeness (QED) is 0.440. The molecule has 0 bridgehead atoms. The second-order valence-electron chi connectivity index (χ2n) is 8.89. The lowest BCUT2D eigenvalue weighted by atomic mass is 9.87. The average Bonchev–Trinajstić information content (AvgIpc) is 3.27. The van der Waals surface area contributed by atoms with Crippen LogP contribution in [0.2, 0.25) is 0 Å². The van der Waals surface area contributed by atoms with Crippen LogP contribution >= 0.6 is 11.3 Å². The summed E-state index contributed by atoms with van der Waals surface area (Å²) in [5.41, 5.74) is 2.87. The highest BCUT2D eigenvalue weighted by Gasteiger charge is 2.37. The number of rotatable bonds is 9. The molecule has 0 spiro atoms. The van der Waals surface area contributed by atoms with Crippen LogP contribution < -0.4 is 10.2 Å². The second kappa shape index (κ2) is 9.94. The standard InChI is InChI=1S/C25H33FN4OS/c1-7-10-18(11-8-2)28-22(31)24-29-21(23(32-24)27-9-3)16(4)30-15-25(5,6)19-14-17(26)12-13-20(19)30/h9,12-14,18H,4,7-8,10-11,15H2,1-3,5-6H3,(H,28,31). The minimum atomic E-state index is -0.248. The monoisotopic (exact) mass is 456 g/mol. The fourth-order valence-electron chi connectivity index (χ4n) is 4.25. The Hall–Kier alpha value is -2.54. The Balaban J connectivity index is 1.92. The maximum absolute atomic E-state index is 13.9. The van der Waals surface area contributed by atoms with E-state index in [1.165, 1.54) is 17.4 Å². The summed E-state index contributed by atoms with van der Waals surface area (Å²) in [5, 5.41) is 4.17. The Morgan fingerprint density at radius 3 is 2.69 bits per heavy atom. The van der Waals surface area contributed by atoms with Crippen molar-refractivity contribution in [3.05, 3.63) is 46.9 Å². The molecule has 0 fully saturated rings. The fourth-order valence-corrected chi connectivity index (χ4v) is 5.14. The molecule has 1 aromatic carbocycles. The summed E-state index contributed by atoms with van der Waals surface area (Å²) in [6, 6.07) is 4.99. The van der Waals surface area contributed by atoms with Gasteiger partial charge in [0.2, 0.25) is 0 Å². The number of benzene rings is 1. The van der Waals surface area contributed by atoms with E-state index in [0.717, 1.165) is 36.9 Å². The summed E-state index contributed by atoms with van der Waals surface area (Å²) in [5.74, 6) is -0.417. The number of thiazole rings is 1. The van der Waals surface area contributed by atoms with Gasteiger partial charge in [-0.05, 0) is 43.5 Å². The zero-order valence-electron chi connectivity index (χ0n) is 19.7. The molecule has 172 valence electrons. The first kappa shape index (κ1) is 24.1. The van der Waals surface area contributed by atoms with Crippen molar-refractivity contribution >= 4 is 39.8 Å². The Morgan fingerprint density at radius 2 is 2.06 bits per heavy atom. The second-order valence-corrected chi connectivity index (χ2v) is 9.86. The predicted molar refractivity (Wildman–Crippen MR) is 133 cm³/mol. The lowest BCUT2D eigenvalue weighted by Gasteiger charge is -2.23. The number of carbonyl (C=O) groups is 1. The molecule has 32 heavy (non-hydrogen) atoms. The number of aliphatic imine (C=N–C) groups is 1. The van der Waals surface area contributed by atoms with E-state index in [4.69, 9.17) is 0 Å². The summed E-state index contributed by atoms with van der Waals surface area (Å²) in [7, 11) is 0. The number of hydrogen-bond donors (Lipinski definition) is 1. The first-order valence-corrected chi connectivity index (χ1v) is 12.1. The maximum Gasteiger partial charge on any atom is 0.280 e. The third kappa shape index (κ3) is 4.93. The van der Waals surface area contributed by atoms with Crippen molar-refractivity contribution in [2.24, 2.45) is 4.99 Å². The average molecular weight is 457 g/mol. The van der Waals surface area contributed by atoms with Crippen molar-refractivity contribution < 1.29 is 9.18 Å². The molecule has 2 aromatic rings. The Labute approximate surface area is 194 Å². The molecule has 1 aliphatic heterocycles. The lowest BCUT2D eigenvalue weighted by molar-refractivity contribution is 0.0932. The zero-order chi connectivity index (χ0) is 23.5. The number of hydrogen-bond acceptors (Lipinski definition) is 5. The van der Waals surface area contributed by atoms with Crippen LogP contribution in [0.1, 0.15) is 81.4 Å². The van der Waals surface area contributed by atoms with Gasteiger partial charge in [0.15, 0.2) is 5.01 Å². The number of nitrogens with zero attached hydrogens (tertiary/aromatic N) is 3. The first-order chi connectivity index (χ1) is 15.2. The molecule has 2 heterocycles. The van der Waals surface area contributed by atoms with Crippen LogP contribution in [0.25, 0.3) is 5.70 Å². The Bertz CT molecular complexity index is 1020. The first-order valence-electron chi connectivity index (χ1n) is 11.3. The molecule has 0 atom stereocenters. The number of aromatic nitrogens is 1. The molecule has 0 unspecified atom stereocenters. The van der Waals surface area contributed by atoms with E-state index in [-0.39, 0.29) is 23.2 Å². The van der Waals surface area contributed by atoms with Crippen molar-refractivity contribution in [2.75, 3.05) is 11.4 Å². The number of halogens is 1. The number of nitrogens with one attached hydrogen (secondary N) is 1. The van der Waals surface area contributed by atoms with E-state index in [0.29, 0.717) is 27.9 Å². The normalized spacial score (nSPS) is 14.9. The van der Waals surface area contributed by atoms with Crippen LogP contribution in [-0.2, 0) is 5.41 Å². The number of carbonyl (C=O) groups excluding carboxylic acids is 1. The number of fused-ring (bicyclic) bond motifs is 1. The minimum absolute atomic E-state index is 0.146. The molecule has 7 heteroatoms. The lowest BCUT2D eigenvalue weighted by Crippen LogP contribution is -2.34. The molecule has 0 aliphatic carbocycles. The number of amides is 1. The van der Waals surface area contributed by atoms with Crippen molar-refractivity contribution in [3.8, 4) is 0 Å². The van der Waals surface area contributed by atoms with Crippen LogP contribution in [0.5, 0.6) is 0 Å². The fraction of sp³-hybridized carbons (Fsp3) is 0.480. The SMILES string of the molecule is C=C(c1nc(C(=O)NC(CCC)CCC)sc1N=CC)N1CC(C)(C)c2cc(F)ccc21. The van der Waals surface area contributed by atoms with Gasteiger partial charge in [0.05, 0.1) is 5.70 Å². The van der Waals surface area contributed by atoms with E-state index < -0.39 is 0 Å². The molecule has 0 saturated heterocycles. The molecule has 1 aliphatic rings. The van der Waals surface area contributed by atoms with Crippen molar-refractivity contribution in [2.45, 2.75) is 71.8 Å². The van der Waals surface area contributed by atoms with Crippen LogP contribution in [-0.4, -0.2) is 29.7 Å². The third-order valence-corrected chi connectivity index (χ3v) is 6.75. The van der Waals surface area contributed by atoms with Gasteiger partial charge in [-0.3, -0.25) is 4.79 Å². The summed E-state index contributed by atoms with van der Waals surface area (Å²) >= 11 is 1.27. The van der Waals surface area contributed by atoms with Crippen LogP contribution in [0.3, 0.4) is 0 Å². The van der Waals surface area contributed by atoms with Crippen molar-refractivity contribution in [1.82, 2.24) is 10.3 Å². The van der Waals surface area contributed by atoms with Crippen molar-refractivity contribution in [1.29, 1.82) is 0 Å². The van der Waals surface area contributed by atoms with Gasteiger partial charge in [-0.1, -0.05) is 58.5 Å². The number of anilines is 1. The largest absolute Gasteiger partial charge is 0.347 e. The summed E-state index contributed by atoms with van der Waals surface area (Å²) in [4.78, 5) is 24.1. The Kier molecular flexibility index (Phi) is 7.49. The van der Waals surface area contributed by atoms with E-state index in [9.17, 15) is 9.18 Å². The maximum atomic E-state index is 13.9. The highest BCUT2D eigenvalue weighted by Crippen LogP contribution is 2.45. The topological polar surface area (TPSA) is 57.6 Å². The summed E-state index contributed by atoms with van der Waals surface area (Å²) in [6.07, 6.45) is 5.61. The molecule has 3 rings (SSSR count). The third-order valence-electron chi connectivity index (χ3n) is 5.79. The zero-order valence-corrected chi connectivity index (χ0v) is 20.5. The van der Waals surface area contributed by atoms with Crippen LogP contribution in [0.15, 0.2) is 29.8 Å². The minimum Gasteiger partial charge on any atom is -0.347 e. The van der Waals surface area contributed by atoms with Gasteiger partial charge in [0.25, 0.3) is 5.91 Å². The van der Waals surface area contributed by atoms with E-state index in [1.807, 2.05) is 6.92 Å². The van der Waals surface area contributed by atoms with Gasteiger partial charge in [0.1, 0.15) is 16.5 Å². The van der Waals surface area contributed by atoms with Gasteiger partial charge in [-0.15, -0.1) is 0 Å². The van der Waals surface area contributed by atoms with Crippen LogP contribution in [0.4, 0.5) is 15.1 Å². The molecule has 1 N–H and O–H groups in total. The van der Waals surface area contributed by atoms with Gasteiger partial charge in [0, 0.05) is 29.9 Å². The summed E-state index contributed by atoms with van der Waals surface area (Å²) < 4.78 is 13.9. The predicted octanol–water partition coefficient (Wildman–Crippen LogP) is 6.47. The molecule has 1 amide bonds. The van der Waals surface area contributed by atoms with Gasteiger partial charge >= 0.3 is 0 Å². The molecule has 5 nitrogen and oxygen atoms in total. The molecule has 0 radical (unpaired) electrons. The van der Waals surface area contributed by atoms with Crippen molar-refractivity contribution in [3.63, 3.8) is 0 Å². The van der Waals surface area contributed by atoms with E-state index in [2.05, 4.69) is 54.5 Å². The van der Waals surface area contributed by atoms with E-state index in [1.54, 1.807) is 18.3 Å². The molecule has 1 aromatic heterocycles. The molecule has 0 saturated carbocycles. The summed E-state index contributed by atoms with van der Waals surface area (Å²) in [6.45, 7) is 15.2. The molecular weight excluding hydrogens is 423 g/mol. The van der Waals surface area contributed by atoms with Gasteiger partial charge in [-0.2, -0.15) is 0 Å². The Morgan fingerprint density at radius 1 is 1.38 bits per heavy atom. The smallest absolute Gasteiger partial charge is 0.280 e. The highest BCUT2D eigenvalue weighted by molar-refractivity contribution is 7.17.